The number of nitrogens with zero attached hydrogens (tertiary/aromatic N) is 5. The van der Waals surface area contributed by atoms with Gasteiger partial charge in [-0.3, -0.25) is 13.9 Å². The smallest absolute Gasteiger partial charge is 0.435 e. The van der Waals surface area contributed by atoms with Crippen molar-refractivity contribution in [3.8, 4) is 22.9 Å². The summed E-state index contributed by atoms with van der Waals surface area (Å²) in [5.74, 6) is 0.137. The van der Waals surface area contributed by atoms with Gasteiger partial charge in [0.2, 0.25) is 5.65 Å². The van der Waals surface area contributed by atoms with Crippen LogP contribution in [-0.2, 0) is 19.1 Å². The van der Waals surface area contributed by atoms with Crippen molar-refractivity contribution in [1.82, 2.24) is 29.5 Å². The van der Waals surface area contributed by atoms with E-state index in [0.717, 1.165) is 4.68 Å². The van der Waals surface area contributed by atoms with Gasteiger partial charge in [-0.25, -0.2) is 9.97 Å². The van der Waals surface area contributed by atoms with Crippen LogP contribution in [0.15, 0.2) is 55.6 Å². The Hall–Kier alpha value is -4.19. The first-order valence-corrected chi connectivity index (χ1v) is 11.5. The second-order valence-electron chi connectivity index (χ2n) is 8.30. The van der Waals surface area contributed by atoms with E-state index in [4.69, 9.17) is 4.74 Å². The Bertz CT molecular complexity index is 1440. The molecular weight excluding hydrogens is 489 g/mol. The molecule has 9 nitrogen and oxygen atoms in total. The molecule has 4 rings (SSSR count). The van der Waals surface area contributed by atoms with Gasteiger partial charge in [0, 0.05) is 30.2 Å². The second-order valence-corrected chi connectivity index (χ2v) is 8.30. The number of halogens is 3. The number of nitrogens with one attached hydrogen (secondary N) is 1. The summed E-state index contributed by atoms with van der Waals surface area (Å²) in [6.45, 7) is 7.05. The van der Waals surface area contributed by atoms with Gasteiger partial charge in [0.1, 0.15) is 5.75 Å². The van der Waals surface area contributed by atoms with Crippen LogP contribution in [0.25, 0.3) is 16.9 Å². The van der Waals surface area contributed by atoms with E-state index in [2.05, 4.69) is 27.0 Å². The van der Waals surface area contributed by atoms with Crippen LogP contribution in [-0.4, -0.2) is 47.8 Å². The number of aryl methyl sites for hydroxylation is 1. The topological polar surface area (TPSA) is 107 Å². The molecule has 0 radical (unpaired) electrons. The summed E-state index contributed by atoms with van der Waals surface area (Å²) in [5, 5.41) is 15.6. The fourth-order valence-electron chi connectivity index (χ4n) is 3.82. The summed E-state index contributed by atoms with van der Waals surface area (Å²) in [6.07, 6.45) is 2.81. The van der Waals surface area contributed by atoms with Gasteiger partial charge in [-0.15, -0.1) is 6.58 Å². The molecule has 194 valence electrons. The number of aliphatic hydroxyl groups excluding tert-OH is 1. The van der Waals surface area contributed by atoms with Crippen LogP contribution < -0.4 is 10.1 Å². The maximum Gasteiger partial charge on any atom is 0.435 e. The fraction of sp³-hybridized carbons (Fsp3) is 0.280. The number of aliphatic hydroxyl groups is 1. The number of benzene rings is 1. The Morgan fingerprint density at radius 2 is 2.11 bits per heavy atom. The zero-order valence-electron chi connectivity index (χ0n) is 20.2. The molecule has 2 N–H and O–H groups in total. The quantitative estimate of drug-likeness (QED) is 0.323. The van der Waals surface area contributed by atoms with E-state index in [0.29, 0.717) is 23.3 Å². The van der Waals surface area contributed by atoms with Crippen LogP contribution in [0.4, 0.5) is 13.2 Å². The minimum atomic E-state index is -4.67. The predicted octanol–water partition coefficient (Wildman–Crippen LogP) is 4.26. The second kappa shape index (κ2) is 10.4. The van der Waals surface area contributed by atoms with Gasteiger partial charge in [-0.2, -0.15) is 18.3 Å². The van der Waals surface area contributed by atoms with E-state index in [1.807, 2.05) is 6.92 Å². The first-order chi connectivity index (χ1) is 17.7. The van der Waals surface area contributed by atoms with Crippen molar-refractivity contribution >= 4 is 11.6 Å². The van der Waals surface area contributed by atoms with E-state index >= 15 is 0 Å². The van der Waals surface area contributed by atoms with Gasteiger partial charge in [-0.05, 0) is 37.1 Å². The minimum Gasteiger partial charge on any atom is -0.436 e. The molecule has 1 amide bonds. The molecular formula is C25H25F3N6O3. The summed E-state index contributed by atoms with van der Waals surface area (Å²) in [7, 11) is 0. The SMILES string of the molecule is C=CCn1cc(-c2cnc3c(Oc4ccc(C(=O)N[C@H](C)CO)c(CC)c4)nccn23)c(C(F)(F)F)n1. The van der Waals surface area contributed by atoms with Crippen molar-refractivity contribution < 1.29 is 27.8 Å². The van der Waals surface area contributed by atoms with Crippen LogP contribution in [0, 0.1) is 0 Å². The molecule has 1 atom stereocenters. The largest absolute Gasteiger partial charge is 0.436 e. The highest BCUT2D eigenvalue weighted by molar-refractivity contribution is 5.96. The molecule has 3 aromatic heterocycles. The highest BCUT2D eigenvalue weighted by atomic mass is 19.4. The third kappa shape index (κ3) is 5.33. The number of hydrogen-bond acceptors (Lipinski definition) is 6. The molecule has 0 fully saturated rings. The summed E-state index contributed by atoms with van der Waals surface area (Å²) < 4.78 is 49.7. The molecule has 0 aliphatic rings. The number of ether oxygens (including phenoxy) is 1. The minimum absolute atomic E-state index is 0.0777. The molecule has 12 heteroatoms. The Labute approximate surface area is 210 Å². The number of imidazole rings is 1. The highest BCUT2D eigenvalue weighted by Crippen LogP contribution is 2.37. The predicted molar refractivity (Wildman–Crippen MR) is 129 cm³/mol. The van der Waals surface area contributed by atoms with Crippen LogP contribution in [0.3, 0.4) is 0 Å². The van der Waals surface area contributed by atoms with E-state index < -0.39 is 17.9 Å². The Balaban J connectivity index is 1.69. The van der Waals surface area contributed by atoms with Crippen LogP contribution in [0.2, 0.25) is 0 Å². The van der Waals surface area contributed by atoms with E-state index in [1.165, 1.54) is 35.3 Å². The van der Waals surface area contributed by atoms with Gasteiger partial charge in [0.25, 0.3) is 11.8 Å². The molecule has 37 heavy (non-hydrogen) atoms. The number of alkyl halides is 3. The van der Waals surface area contributed by atoms with Crippen molar-refractivity contribution in [3.63, 3.8) is 0 Å². The lowest BCUT2D eigenvalue weighted by Gasteiger charge is -2.14. The molecule has 0 unspecified atom stereocenters. The third-order valence-electron chi connectivity index (χ3n) is 5.59. The average molecular weight is 515 g/mol. The van der Waals surface area contributed by atoms with Crippen molar-refractivity contribution in [2.75, 3.05) is 6.61 Å². The molecule has 0 aliphatic heterocycles. The number of hydrogen-bond donors (Lipinski definition) is 2. The van der Waals surface area contributed by atoms with Gasteiger partial charge in [0.05, 0.1) is 30.6 Å². The standard InChI is InChI=1S/C25H25F3N6O3/c1-4-9-33-13-19(21(32-33)25(26,27)28)20-12-30-22-24(29-8-10-34(20)22)37-17-6-7-18(16(5-2)11-17)23(36)31-15(3)14-35/h4,6-8,10-13,15,35H,1,5,9,14H2,2-3H3,(H,31,36)/t15-/m1/s1. The lowest BCUT2D eigenvalue weighted by Crippen LogP contribution is -2.35. The first-order valence-electron chi connectivity index (χ1n) is 11.5. The Morgan fingerprint density at radius 1 is 1.32 bits per heavy atom. The van der Waals surface area contributed by atoms with E-state index in [-0.39, 0.29) is 41.8 Å². The summed E-state index contributed by atoms with van der Waals surface area (Å²) in [4.78, 5) is 21.0. The van der Waals surface area contributed by atoms with E-state index in [9.17, 15) is 23.1 Å². The first kappa shape index (κ1) is 25.9. The molecule has 0 aliphatic carbocycles. The van der Waals surface area contributed by atoms with Crippen molar-refractivity contribution in [1.29, 1.82) is 0 Å². The van der Waals surface area contributed by atoms with Gasteiger partial charge < -0.3 is 15.2 Å². The normalized spacial score (nSPS) is 12.5. The molecule has 0 spiro atoms. The average Bonchev–Trinajstić information content (AvgIpc) is 3.49. The van der Waals surface area contributed by atoms with Gasteiger partial charge >= 0.3 is 6.18 Å². The Kier molecular flexibility index (Phi) is 7.30. The highest BCUT2D eigenvalue weighted by Gasteiger charge is 2.38. The van der Waals surface area contributed by atoms with Crippen LogP contribution in [0.1, 0.15) is 35.5 Å². The number of aromatic nitrogens is 5. The zero-order chi connectivity index (χ0) is 26.7. The van der Waals surface area contributed by atoms with Gasteiger partial charge in [0.15, 0.2) is 5.69 Å². The number of rotatable bonds is 9. The van der Waals surface area contributed by atoms with Crippen molar-refractivity contribution in [2.24, 2.45) is 0 Å². The lowest BCUT2D eigenvalue weighted by atomic mass is 10.0. The monoisotopic (exact) mass is 514 g/mol. The van der Waals surface area contributed by atoms with Gasteiger partial charge in [-0.1, -0.05) is 13.0 Å². The zero-order valence-corrected chi connectivity index (χ0v) is 20.2. The molecule has 0 saturated heterocycles. The maximum atomic E-state index is 13.7. The fourth-order valence-corrected chi connectivity index (χ4v) is 3.82. The summed E-state index contributed by atoms with van der Waals surface area (Å²) in [6, 6.07) is 4.49. The molecule has 1 aromatic carbocycles. The summed E-state index contributed by atoms with van der Waals surface area (Å²) in [5.41, 5.74) is 0.358. The van der Waals surface area contributed by atoms with Crippen LogP contribution >= 0.6 is 0 Å². The third-order valence-corrected chi connectivity index (χ3v) is 5.59. The molecule has 0 bridgehead atoms. The number of carbonyl (C=O) groups excluding carboxylic acids is 1. The van der Waals surface area contributed by atoms with Crippen LogP contribution in [0.5, 0.6) is 11.6 Å². The van der Waals surface area contributed by atoms with E-state index in [1.54, 1.807) is 25.1 Å². The number of amides is 1. The maximum absolute atomic E-state index is 13.7. The molecule has 0 saturated carbocycles. The summed E-state index contributed by atoms with van der Waals surface area (Å²) >= 11 is 0. The molecule has 3 heterocycles. The number of carbonyl (C=O) groups is 1. The Morgan fingerprint density at radius 3 is 2.78 bits per heavy atom. The van der Waals surface area contributed by atoms with Crippen molar-refractivity contribution in [2.45, 2.75) is 39.0 Å². The van der Waals surface area contributed by atoms with Crippen molar-refractivity contribution in [3.05, 3.63) is 72.5 Å². The number of allylic oxidation sites excluding steroid dienone is 1. The lowest BCUT2D eigenvalue weighted by molar-refractivity contribution is -0.141. The number of fused-ring (bicyclic) bond motifs is 1. The molecule has 4 aromatic rings.